The smallest absolute Gasteiger partial charge is 0.203 e. The molecule has 17 heavy (non-hydrogen) atoms. The lowest BCUT2D eigenvalue weighted by Crippen LogP contribution is -2.18. The second kappa shape index (κ2) is 5.54. The molecule has 1 atom stereocenters. The molecule has 1 rings (SSSR count). The molecule has 0 radical (unpaired) electrons. The predicted molar refractivity (Wildman–Crippen MR) is 63.7 cm³/mol. The Morgan fingerprint density at radius 3 is 1.88 bits per heavy atom. The van der Waals surface area contributed by atoms with Crippen LogP contribution < -0.4 is 19.9 Å². The molecule has 2 N–H and O–H groups in total. The van der Waals surface area contributed by atoms with Crippen molar-refractivity contribution < 1.29 is 19.0 Å². The minimum Gasteiger partial charge on any atom is -0.493 e. The highest BCUT2D eigenvalue weighted by atomic mass is 16.5. The molecule has 0 bridgehead atoms. The van der Waals surface area contributed by atoms with Crippen LogP contribution in [0.4, 0.5) is 0 Å². The van der Waals surface area contributed by atoms with Crippen molar-refractivity contribution in [2.24, 2.45) is 5.73 Å². The quantitative estimate of drug-likeness (QED) is 0.838. The van der Waals surface area contributed by atoms with Gasteiger partial charge in [-0.2, -0.15) is 0 Å². The summed E-state index contributed by atoms with van der Waals surface area (Å²) in [5.41, 5.74) is 6.41. The Morgan fingerprint density at radius 1 is 1.12 bits per heavy atom. The Balaban J connectivity index is 3.31. The molecule has 0 saturated heterocycles. The van der Waals surface area contributed by atoms with Crippen molar-refractivity contribution in [3.05, 3.63) is 17.7 Å². The molecule has 0 amide bonds. The average molecular weight is 239 g/mol. The summed E-state index contributed by atoms with van der Waals surface area (Å²) in [6, 6.07) is 2.66. The summed E-state index contributed by atoms with van der Waals surface area (Å²) in [5, 5.41) is 0. The van der Waals surface area contributed by atoms with Crippen LogP contribution in [0.25, 0.3) is 0 Å². The molecule has 5 nitrogen and oxygen atoms in total. The number of carbonyl (C=O) groups is 1. The van der Waals surface area contributed by atoms with E-state index in [0.717, 1.165) is 0 Å². The number of ether oxygens (including phenoxy) is 3. The van der Waals surface area contributed by atoms with E-state index >= 15 is 0 Å². The van der Waals surface area contributed by atoms with Crippen molar-refractivity contribution in [3.63, 3.8) is 0 Å². The van der Waals surface area contributed by atoms with Gasteiger partial charge in [-0.05, 0) is 24.6 Å². The van der Waals surface area contributed by atoms with E-state index < -0.39 is 6.04 Å². The van der Waals surface area contributed by atoms with Gasteiger partial charge < -0.3 is 19.9 Å². The first-order valence-corrected chi connectivity index (χ1v) is 5.11. The first kappa shape index (κ1) is 13.3. The van der Waals surface area contributed by atoms with E-state index in [-0.39, 0.29) is 5.78 Å². The molecule has 0 aliphatic heterocycles. The lowest BCUT2D eigenvalue weighted by Gasteiger charge is -2.16. The van der Waals surface area contributed by atoms with Crippen molar-refractivity contribution in [2.45, 2.75) is 13.0 Å². The summed E-state index contributed by atoms with van der Waals surface area (Å²) in [5.74, 6) is 1.32. The van der Waals surface area contributed by atoms with Crippen LogP contribution in [0.2, 0.25) is 0 Å². The summed E-state index contributed by atoms with van der Waals surface area (Å²) >= 11 is 0. The number of benzene rings is 1. The van der Waals surface area contributed by atoms with Crippen molar-refractivity contribution in [1.29, 1.82) is 0 Å². The standard InChI is InChI=1S/C12H17NO4/c1-7(14)11(13)8-5-9(15-2)12(17-4)10(6-8)16-3/h5-6,11H,13H2,1-4H3. The second-order valence-corrected chi connectivity index (χ2v) is 3.55. The molecule has 0 saturated carbocycles. The molecule has 0 spiro atoms. The maximum absolute atomic E-state index is 11.3. The fourth-order valence-corrected chi connectivity index (χ4v) is 1.52. The minimum absolute atomic E-state index is 0.126. The van der Waals surface area contributed by atoms with Crippen LogP contribution in [-0.4, -0.2) is 27.1 Å². The van der Waals surface area contributed by atoms with Crippen LogP contribution >= 0.6 is 0 Å². The van der Waals surface area contributed by atoms with Gasteiger partial charge in [-0.15, -0.1) is 0 Å². The number of nitrogens with two attached hydrogens (primary N) is 1. The van der Waals surface area contributed by atoms with Crippen molar-refractivity contribution in [3.8, 4) is 17.2 Å². The molecule has 5 heteroatoms. The van der Waals surface area contributed by atoms with Crippen LogP contribution in [0.15, 0.2) is 12.1 Å². The Labute approximate surface area is 100 Å². The van der Waals surface area contributed by atoms with Gasteiger partial charge in [0.25, 0.3) is 0 Å². The van der Waals surface area contributed by atoms with Gasteiger partial charge in [-0.3, -0.25) is 4.79 Å². The highest BCUT2D eigenvalue weighted by Gasteiger charge is 2.18. The van der Waals surface area contributed by atoms with E-state index in [1.807, 2.05) is 0 Å². The number of hydrogen-bond acceptors (Lipinski definition) is 5. The Morgan fingerprint density at radius 2 is 1.59 bits per heavy atom. The van der Waals surface area contributed by atoms with Gasteiger partial charge in [0.15, 0.2) is 17.3 Å². The van der Waals surface area contributed by atoms with E-state index in [1.165, 1.54) is 28.3 Å². The van der Waals surface area contributed by atoms with Gasteiger partial charge in [0.05, 0.1) is 27.4 Å². The van der Waals surface area contributed by atoms with Gasteiger partial charge >= 0.3 is 0 Å². The maximum atomic E-state index is 11.3. The van der Waals surface area contributed by atoms with Gasteiger partial charge in [-0.1, -0.05) is 0 Å². The molecule has 0 fully saturated rings. The summed E-state index contributed by atoms with van der Waals surface area (Å²) in [4.78, 5) is 11.3. The van der Waals surface area contributed by atoms with E-state index in [9.17, 15) is 4.79 Å². The maximum Gasteiger partial charge on any atom is 0.203 e. The summed E-state index contributed by atoms with van der Waals surface area (Å²) < 4.78 is 15.5. The monoisotopic (exact) mass is 239 g/mol. The molecule has 0 heterocycles. The lowest BCUT2D eigenvalue weighted by molar-refractivity contribution is -0.118. The third-order valence-corrected chi connectivity index (χ3v) is 2.48. The Hall–Kier alpha value is -1.75. The Bertz CT molecular complexity index is 392. The second-order valence-electron chi connectivity index (χ2n) is 3.55. The van der Waals surface area contributed by atoms with E-state index in [4.69, 9.17) is 19.9 Å². The van der Waals surface area contributed by atoms with Gasteiger partial charge in [-0.25, -0.2) is 0 Å². The zero-order valence-corrected chi connectivity index (χ0v) is 10.4. The molecule has 94 valence electrons. The number of ketones is 1. The molecular weight excluding hydrogens is 222 g/mol. The molecule has 0 aromatic heterocycles. The van der Waals surface area contributed by atoms with Crippen LogP contribution in [0.1, 0.15) is 18.5 Å². The highest BCUT2D eigenvalue weighted by molar-refractivity contribution is 5.83. The van der Waals surface area contributed by atoms with Crippen LogP contribution in [0.5, 0.6) is 17.2 Å². The molecule has 1 aromatic rings. The third kappa shape index (κ3) is 2.68. The molecule has 1 unspecified atom stereocenters. The van der Waals surface area contributed by atoms with E-state index in [1.54, 1.807) is 12.1 Å². The van der Waals surface area contributed by atoms with Crippen LogP contribution in [0, 0.1) is 0 Å². The number of hydrogen-bond donors (Lipinski definition) is 1. The zero-order valence-electron chi connectivity index (χ0n) is 10.4. The van der Waals surface area contributed by atoms with E-state index in [2.05, 4.69) is 0 Å². The summed E-state index contributed by atoms with van der Waals surface area (Å²) in [6.07, 6.45) is 0. The van der Waals surface area contributed by atoms with E-state index in [0.29, 0.717) is 22.8 Å². The Kier molecular flexibility index (Phi) is 4.34. The van der Waals surface area contributed by atoms with Crippen LogP contribution in [-0.2, 0) is 4.79 Å². The van der Waals surface area contributed by atoms with Crippen molar-refractivity contribution in [1.82, 2.24) is 0 Å². The molecule has 0 aliphatic rings. The predicted octanol–water partition coefficient (Wildman–Crippen LogP) is 1.30. The van der Waals surface area contributed by atoms with Gasteiger partial charge in [0.1, 0.15) is 0 Å². The first-order chi connectivity index (χ1) is 8.04. The molecule has 1 aromatic carbocycles. The number of rotatable bonds is 5. The SMILES string of the molecule is COc1cc(C(N)C(C)=O)cc(OC)c1OC. The van der Waals surface area contributed by atoms with Gasteiger partial charge in [0.2, 0.25) is 5.75 Å². The first-order valence-electron chi connectivity index (χ1n) is 5.11. The zero-order chi connectivity index (χ0) is 13.0. The van der Waals surface area contributed by atoms with Crippen molar-refractivity contribution >= 4 is 5.78 Å². The fourth-order valence-electron chi connectivity index (χ4n) is 1.52. The largest absolute Gasteiger partial charge is 0.493 e. The number of methoxy groups -OCH3 is 3. The topological polar surface area (TPSA) is 70.8 Å². The normalized spacial score (nSPS) is 11.8. The molecular formula is C12H17NO4. The fraction of sp³-hybridized carbons (Fsp3) is 0.417. The summed E-state index contributed by atoms with van der Waals surface area (Å²) in [7, 11) is 4.55. The number of carbonyl (C=O) groups excluding carboxylic acids is 1. The number of Topliss-reactive ketones (excluding diaryl/α,β-unsaturated/α-hetero) is 1. The van der Waals surface area contributed by atoms with Crippen LogP contribution in [0.3, 0.4) is 0 Å². The lowest BCUT2D eigenvalue weighted by atomic mass is 10.0. The summed E-state index contributed by atoms with van der Waals surface area (Å²) in [6.45, 7) is 1.44. The molecule has 0 aliphatic carbocycles. The third-order valence-electron chi connectivity index (χ3n) is 2.48. The highest BCUT2D eigenvalue weighted by Crippen LogP contribution is 2.39. The average Bonchev–Trinajstić information content (AvgIpc) is 2.35. The van der Waals surface area contributed by atoms with Crippen molar-refractivity contribution in [2.75, 3.05) is 21.3 Å². The van der Waals surface area contributed by atoms with Gasteiger partial charge in [0, 0.05) is 0 Å². The minimum atomic E-state index is -0.691.